The van der Waals surface area contributed by atoms with E-state index in [9.17, 15) is 10.1 Å². The van der Waals surface area contributed by atoms with E-state index in [2.05, 4.69) is 10.5 Å². The zero-order valence-electron chi connectivity index (χ0n) is 16.7. The predicted molar refractivity (Wildman–Crippen MR) is 111 cm³/mol. The molecule has 3 rings (SSSR count). The molecule has 2 aromatic carbocycles. The molecule has 0 aliphatic rings. The van der Waals surface area contributed by atoms with Crippen LogP contribution >= 0.6 is 0 Å². The van der Waals surface area contributed by atoms with Crippen LogP contribution in [0.1, 0.15) is 11.3 Å². The molecular weight excluding hydrogens is 390 g/mol. The molecule has 1 aromatic heterocycles. The van der Waals surface area contributed by atoms with Gasteiger partial charge < -0.3 is 24.1 Å². The van der Waals surface area contributed by atoms with E-state index in [1.54, 1.807) is 38.5 Å². The van der Waals surface area contributed by atoms with Gasteiger partial charge in [0.05, 0.1) is 50.6 Å². The van der Waals surface area contributed by atoms with Crippen LogP contribution in [0.3, 0.4) is 0 Å². The van der Waals surface area contributed by atoms with Crippen LogP contribution in [0.15, 0.2) is 58.0 Å². The zero-order valence-corrected chi connectivity index (χ0v) is 16.7. The maximum Gasteiger partial charge on any atom is 0.284 e. The number of nitro groups is 1. The Labute approximate surface area is 173 Å². The number of nitro benzene ring substituents is 1. The quantitative estimate of drug-likeness (QED) is 0.322. The molecule has 0 fully saturated rings. The molecule has 156 valence electrons. The minimum absolute atomic E-state index is 0.0984. The summed E-state index contributed by atoms with van der Waals surface area (Å²) in [4.78, 5) is 10.9. The van der Waals surface area contributed by atoms with Crippen molar-refractivity contribution >= 4 is 11.9 Å². The van der Waals surface area contributed by atoms with Gasteiger partial charge in [0.15, 0.2) is 11.5 Å². The molecule has 0 aliphatic heterocycles. The minimum atomic E-state index is -0.473. The minimum Gasteiger partial charge on any atom is -0.497 e. The maximum absolute atomic E-state index is 11.4. The number of nitrogens with zero attached hydrogens (tertiary/aromatic N) is 2. The Morgan fingerprint density at radius 2 is 1.83 bits per heavy atom. The fourth-order valence-electron chi connectivity index (χ4n) is 2.80. The first-order valence-electron chi connectivity index (χ1n) is 8.95. The second kappa shape index (κ2) is 9.46. The van der Waals surface area contributed by atoms with Crippen molar-refractivity contribution in [3.63, 3.8) is 0 Å². The van der Waals surface area contributed by atoms with Gasteiger partial charge in [-0.25, -0.2) is 0 Å². The van der Waals surface area contributed by atoms with Crippen LogP contribution in [0.25, 0.3) is 11.3 Å². The third kappa shape index (κ3) is 4.69. The molecule has 9 heteroatoms. The lowest BCUT2D eigenvalue weighted by atomic mass is 10.1. The number of ether oxygens (including phenoxy) is 3. The average Bonchev–Trinajstić information content (AvgIpc) is 3.24. The van der Waals surface area contributed by atoms with Gasteiger partial charge >= 0.3 is 0 Å². The smallest absolute Gasteiger partial charge is 0.284 e. The standard InChI is InChI=1S/C21H21N3O6/c1-27-15-5-7-17(18(11-15)24(25)26)19-9-6-16(30-19)13-23-22-12-14-4-8-20(28-2)21(10-14)29-3/h4-11,13,22H,12H2,1-3H3/b23-13-. The van der Waals surface area contributed by atoms with E-state index >= 15 is 0 Å². The normalized spacial score (nSPS) is 10.8. The van der Waals surface area contributed by atoms with Crippen LogP contribution in [-0.4, -0.2) is 32.5 Å². The Morgan fingerprint density at radius 3 is 2.53 bits per heavy atom. The molecule has 0 spiro atoms. The van der Waals surface area contributed by atoms with E-state index in [1.807, 2.05) is 18.2 Å². The first kappa shape index (κ1) is 20.7. The number of methoxy groups -OCH3 is 3. The third-order valence-electron chi connectivity index (χ3n) is 4.31. The second-order valence-electron chi connectivity index (χ2n) is 6.12. The zero-order chi connectivity index (χ0) is 21.5. The molecule has 0 aliphatic carbocycles. The molecule has 3 aromatic rings. The SMILES string of the molecule is COc1ccc(-c2ccc(/C=N\NCc3ccc(OC)c(OC)c3)o2)c([N+](=O)[O-])c1. The average molecular weight is 411 g/mol. The fourth-order valence-corrected chi connectivity index (χ4v) is 2.80. The number of hydrogen-bond acceptors (Lipinski definition) is 8. The van der Waals surface area contributed by atoms with Crippen molar-refractivity contribution in [3.05, 3.63) is 70.0 Å². The van der Waals surface area contributed by atoms with Gasteiger partial charge in [-0.1, -0.05) is 6.07 Å². The largest absolute Gasteiger partial charge is 0.497 e. The molecular formula is C21H21N3O6. The molecule has 0 saturated heterocycles. The van der Waals surface area contributed by atoms with E-state index in [0.29, 0.717) is 40.9 Å². The van der Waals surface area contributed by atoms with Crippen molar-refractivity contribution in [1.29, 1.82) is 0 Å². The summed E-state index contributed by atoms with van der Waals surface area (Å²) in [6.07, 6.45) is 1.50. The highest BCUT2D eigenvalue weighted by Gasteiger charge is 2.19. The van der Waals surface area contributed by atoms with Gasteiger partial charge in [0.25, 0.3) is 5.69 Å². The molecule has 0 amide bonds. The Kier molecular flexibility index (Phi) is 6.53. The molecule has 9 nitrogen and oxygen atoms in total. The lowest BCUT2D eigenvalue weighted by molar-refractivity contribution is -0.384. The summed E-state index contributed by atoms with van der Waals surface area (Å²) in [5, 5.41) is 15.5. The molecule has 0 atom stereocenters. The van der Waals surface area contributed by atoms with Crippen molar-refractivity contribution in [2.75, 3.05) is 21.3 Å². The monoisotopic (exact) mass is 411 g/mol. The molecule has 0 bridgehead atoms. The number of nitrogens with one attached hydrogen (secondary N) is 1. The van der Waals surface area contributed by atoms with Gasteiger partial charge in [-0.2, -0.15) is 5.10 Å². The summed E-state index contributed by atoms with van der Waals surface area (Å²) in [5.41, 5.74) is 4.14. The van der Waals surface area contributed by atoms with Gasteiger partial charge in [0.1, 0.15) is 17.3 Å². The molecule has 0 saturated carbocycles. The van der Waals surface area contributed by atoms with E-state index < -0.39 is 4.92 Å². The Hall–Kier alpha value is -4.01. The summed E-state index contributed by atoms with van der Waals surface area (Å²) in [5.74, 6) is 2.51. The van der Waals surface area contributed by atoms with E-state index in [0.717, 1.165) is 5.56 Å². The Morgan fingerprint density at radius 1 is 1.03 bits per heavy atom. The Balaban J connectivity index is 1.68. The van der Waals surface area contributed by atoms with Crippen molar-refractivity contribution in [3.8, 4) is 28.6 Å². The number of hydrazone groups is 1. The van der Waals surface area contributed by atoms with Crippen molar-refractivity contribution in [1.82, 2.24) is 5.43 Å². The predicted octanol–water partition coefficient (Wildman–Crippen LogP) is 4.00. The highest BCUT2D eigenvalue weighted by Crippen LogP contribution is 2.34. The van der Waals surface area contributed by atoms with Crippen LogP contribution < -0.4 is 19.6 Å². The molecule has 0 radical (unpaired) electrons. The third-order valence-corrected chi connectivity index (χ3v) is 4.31. The first-order chi connectivity index (χ1) is 14.5. The summed E-state index contributed by atoms with van der Waals surface area (Å²) in [6.45, 7) is 0.467. The summed E-state index contributed by atoms with van der Waals surface area (Å²) in [6, 6.07) is 13.5. The van der Waals surface area contributed by atoms with Gasteiger partial charge in [-0.05, 0) is 42.0 Å². The fraction of sp³-hybridized carbons (Fsp3) is 0.190. The lowest BCUT2D eigenvalue weighted by Gasteiger charge is -2.09. The second-order valence-corrected chi connectivity index (χ2v) is 6.12. The van der Waals surface area contributed by atoms with E-state index in [4.69, 9.17) is 18.6 Å². The van der Waals surface area contributed by atoms with Crippen LogP contribution in [0.2, 0.25) is 0 Å². The van der Waals surface area contributed by atoms with Crippen LogP contribution in [0.5, 0.6) is 17.2 Å². The van der Waals surface area contributed by atoms with Crippen LogP contribution in [-0.2, 0) is 6.54 Å². The summed E-state index contributed by atoms with van der Waals surface area (Å²) < 4.78 is 21.2. The number of hydrogen-bond donors (Lipinski definition) is 1. The van der Waals surface area contributed by atoms with Gasteiger partial charge in [0.2, 0.25) is 0 Å². The number of furan rings is 1. The highest BCUT2D eigenvalue weighted by atomic mass is 16.6. The highest BCUT2D eigenvalue weighted by molar-refractivity contribution is 5.78. The van der Waals surface area contributed by atoms with Crippen LogP contribution in [0.4, 0.5) is 5.69 Å². The first-order valence-corrected chi connectivity index (χ1v) is 8.95. The van der Waals surface area contributed by atoms with Crippen LogP contribution in [0, 0.1) is 10.1 Å². The van der Waals surface area contributed by atoms with E-state index in [-0.39, 0.29) is 5.69 Å². The summed E-state index contributed by atoms with van der Waals surface area (Å²) in [7, 11) is 4.61. The van der Waals surface area contributed by atoms with Crippen molar-refractivity contribution < 1.29 is 23.6 Å². The van der Waals surface area contributed by atoms with Crippen molar-refractivity contribution in [2.45, 2.75) is 6.54 Å². The number of benzene rings is 2. The maximum atomic E-state index is 11.4. The van der Waals surface area contributed by atoms with Gasteiger partial charge in [0, 0.05) is 0 Å². The molecule has 1 heterocycles. The van der Waals surface area contributed by atoms with Gasteiger partial charge in [-0.3, -0.25) is 10.1 Å². The number of rotatable bonds is 9. The topological polar surface area (TPSA) is 108 Å². The Bertz CT molecular complexity index is 1060. The van der Waals surface area contributed by atoms with Crippen molar-refractivity contribution in [2.24, 2.45) is 5.10 Å². The van der Waals surface area contributed by atoms with Gasteiger partial charge in [-0.15, -0.1) is 0 Å². The lowest BCUT2D eigenvalue weighted by Crippen LogP contribution is -2.05. The molecule has 1 N–H and O–H groups in total. The molecule has 30 heavy (non-hydrogen) atoms. The van der Waals surface area contributed by atoms with E-state index in [1.165, 1.54) is 19.4 Å². The summed E-state index contributed by atoms with van der Waals surface area (Å²) >= 11 is 0. The molecule has 0 unspecified atom stereocenters.